The second kappa shape index (κ2) is 5.08. The lowest BCUT2D eigenvalue weighted by molar-refractivity contribution is 0.309. The van der Waals surface area contributed by atoms with Gasteiger partial charge in [-0.2, -0.15) is 9.57 Å². The minimum absolute atomic E-state index is 0.0237. The fourth-order valence-corrected chi connectivity index (χ4v) is 3.42. The molecule has 0 bridgehead atoms. The highest BCUT2D eigenvalue weighted by atomic mass is 32.2. The summed E-state index contributed by atoms with van der Waals surface area (Å²) in [6.07, 6.45) is 3.24. The first kappa shape index (κ1) is 13.1. The molecule has 1 aliphatic heterocycles. The fraction of sp³-hybridized carbons (Fsp3) is 0.636. The molecule has 0 spiro atoms. The average Bonchev–Trinajstić information content (AvgIpc) is 2.88. The Bertz CT molecular complexity index is 550. The molecule has 0 atom stereocenters. The van der Waals surface area contributed by atoms with Crippen LogP contribution in [0.5, 0.6) is 0 Å². The SMILES string of the molecule is CCc1ncc(S(=O)(=O)N2CCC(C#N)CC2)[nH]1. The molecule has 18 heavy (non-hydrogen) atoms. The molecule has 0 amide bonds. The zero-order valence-corrected chi connectivity index (χ0v) is 11.1. The molecule has 1 aliphatic rings. The van der Waals surface area contributed by atoms with Crippen LogP contribution in [-0.4, -0.2) is 35.8 Å². The maximum Gasteiger partial charge on any atom is 0.260 e. The molecule has 7 heteroatoms. The van der Waals surface area contributed by atoms with Gasteiger partial charge in [-0.15, -0.1) is 0 Å². The van der Waals surface area contributed by atoms with Crippen molar-refractivity contribution >= 4 is 10.0 Å². The molecule has 1 aromatic rings. The number of hydrogen-bond donors (Lipinski definition) is 1. The molecule has 0 aromatic carbocycles. The van der Waals surface area contributed by atoms with Crippen molar-refractivity contribution in [3.63, 3.8) is 0 Å². The third-order valence-electron chi connectivity index (χ3n) is 3.19. The lowest BCUT2D eigenvalue weighted by Crippen LogP contribution is -2.38. The molecule has 2 rings (SSSR count). The van der Waals surface area contributed by atoms with E-state index in [0.29, 0.717) is 38.2 Å². The molecule has 1 saturated heterocycles. The number of aryl methyl sites for hydroxylation is 1. The summed E-state index contributed by atoms with van der Waals surface area (Å²) >= 11 is 0. The Morgan fingerprint density at radius 1 is 1.56 bits per heavy atom. The van der Waals surface area contributed by atoms with Crippen molar-refractivity contribution in [2.75, 3.05) is 13.1 Å². The maximum absolute atomic E-state index is 12.3. The zero-order chi connectivity index (χ0) is 13.2. The molecule has 0 saturated carbocycles. The van der Waals surface area contributed by atoms with Crippen LogP contribution in [0, 0.1) is 17.2 Å². The van der Waals surface area contributed by atoms with Gasteiger partial charge in [0.25, 0.3) is 10.0 Å². The Labute approximate surface area is 107 Å². The second-order valence-corrected chi connectivity index (χ2v) is 6.26. The van der Waals surface area contributed by atoms with E-state index in [4.69, 9.17) is 5.26 Å². The summed E-state index contributed by atoms with van der Waals surface area (Å²) < 4.78 is 26.0. The lowest BCUT2D eigenvalue weighted by Gasteiger charge is -2.27. The van der Waals surface area contributed by atoms with Gasteiger partial charge < -0.3 is 4.98 Å². The molecule has 0 aliphatic carbocycles. The number of nitrogens with one attached hydrogen (secondary N) is 1. The first-order valence-corrected chi connectivity index (χ1v) is 7.45. The number of H-pyrrole nitrogens is 1. The van der Waals surface area contributed by atoms with Gasteiger partial charge in [-0.25, -0.2) is 13.4 Å². The van der Waals surface area contributed by atoms with Gasteiger partial charge >= 0.3 is 0 Å². The first-order valence-electron chi connectivity index (χ1n) is 6.01. The summed E-state index contributed by atoms with van der Waals surface area (Å²) in [5, 5.41) is 8.95. The number of hydrogen-bond acceptors (Lipinski definition) is 4. The van der Waals surface area contributed by atoms with Crippen molar-refractivity contribution in [1.82, 2.24) is 14.3 Å². The number of imidazole rings is 1. The molecule has 98 valence electrons. The van der Waals surface area contributed by atoms with Gasteiger partial charge in [-0.1, -0.05) is 6.92 Å². The number of piperidine rings is 1. The van der Waals surface area contributed by atoms with Gasteiger partial charge in [0.05, 0.1) is 12.3 Å². The van der Waals surface area contributed by atoms with E-state index in [0.717, 1.165) is 0 Å². The number of sulfonamides is 1. The van der Waals surface area contributed by atoms with E-state index >= 15 is 0 Å². The number of nitriles is 1. The van der Waals surface area contributed by atoms with Crippen molar-refractivity contribution in [3.8, 4) is 6.07 Å². The molecule has 0 radical (unpaired) electrons. The van der Waals surface area contributed by atoms with Gasteiger partial charge in [0.2, 0.25) is 0 Å². The van der Waals surface area contributed by atoms with Crippen molar-refractivity contribution in [2.24, 2.45) is 5.92 Å². The smallest absolute Gasteiger partial charge is 0.260 e. The highest BCUT2D eigenvalue weighted by molar-refractivity contribution is 7.89. The largest absolute Gasteiger partial charge is 0.332 e. The van der Waals surface area contributed by atoms with Crippen molar-refractivity contribution in [3.05, 3.63) is 12.0 Å². The Kier molecular flexibility index (Phi) is 3.68. The predicted octanol–water partition coefficient (Wildman–Crippen LogP) is 0.896. The van der Waals surface area contributed by atoms with Gasteiger partial charge in [-0.3, -0.25) is 0 Å². The molecule has 6 nitrogen and oxygen atoms in total. The second-order valence-electron chi connectivity index (χ2n) is 4.36. The Morgan fingerprint density at radius 3 is 2.72 bits per heavy atom. The minimum Gasteiger partial charge on any atom is -0.332 e. The lowest BCUT2D eigenvalue weighted by atomic mass is 10.0. The first-order chi connectivity index (χ1) is 8.57. The topological polar surface area (TPSA) is 89.8 Å². The summed E-state index contributed by atoms with van der Waals surface area (Å²) in [6.45, 7) is 2.72. The van der Waals surface area contributed by atoms with Crippen LogP contribution in [-0.2, 0) is 16.4 Å². The molecule has 0 unspecified atom stereocenters. The molecule has 1 aromatic heterocycles. The average molecular weight is 268 g/mol. The third-order valence-corrected chi connectivity index (χ3v) is 5.00. The molecular weight excluding hydrogens is 252 g/mol. The van der Waals surface area contributed by atoms with Crippen LogP contribution in [0.4, 0.5) is 0 Å². The van der Waals surface area contributed by atoms with E-state index in [1.165, 1.54) is 10.5 Å². The molecule has 2 heterocycles. The third kappa shape index (κ3) is 2.40. The van der Waals surface area contributed by atoms with E-state index in [-0.39, 0.29) is 10.9 Å². The number of aromatic nitrogens is 2. The van der Waals surface area contributed by atoms with Crippen molar-refractivity contribution in [2.45, 2.75) is 31.2 Å². The summed E-state index contributed by atoms with van der Waals surface area (Å²) in [4.78, 5) is 6.83. The zero-order valence-electron chi connectivity index (χ0n) is 10.3. The van der Waals surface area contributed by atoms with Crippen LogP contribution >= 0.6 is 0 Å². The monoisotopic (exact) mass is 268 g/mol. The van der Waals surface area contributed by atoms with Crippen molar-refractivity contribution < 1.29 is 8.42 Å². The van der Waals surface area contributed by atoms with Crippen LogP contribution in [0.3, 0.4) is 0 Å². The van der Waals surface area contributed by atoms with Crippen LogP contribution < -0.4 is 0 Å². The van der Waals surface area contributed by atoms with Crippen LogP contribution in [0.2, 0.25) is 0 Å². The quantitative estimate of drug-likeness (QED) is 0.881. The Balaban J connectivity index is 2.15. The van der Waals surface area contributed by atoms with Gasteiger partial charge in [0, 0.05) is 25.4 Å². The number of aromatic amines is 1. The maximum atomic E-state index is 12.3. The van der Waals surface area contributed by atoms with Gasteiger partial charge in [0.1, 0.15) is 5.82 Å². The highest BCUT2D eigenvalue weighted by Gasteiger charge is 2.30. The molecule has 1 N–H and O–H groups in total. The van der Waals surface area contributed by atoms with Gasteiger partial charge in [0.15, 0.2) is 5.03 Å². The van der Waals surface area contributed by atoms with Crippen LogP contribution in [0.25, 0.3) is 0 Å². The normalized spacial score (nSPS) is 18.7. The fourth-order valence-electron chi connectivity index (χ4n) is 2.02. The number of nitrogens with zero attached hydrogens (tertiary/aromatic N) is 3. The van der Waals surface area contributed by atoms with Crippen molar-refractivity contribution in [1.29, 1.82) is 5.26 Å². The van der Waals surface area contributed by atoms with E-state index in [1.54, 1.807) is 0 Å². The summed E-state index contributed by atoms with van der Waals surface area (Å²) in [7, 11) is -3.48. The summed E-state index contributed by atoms with van der Waals surface area (Å²) in [5.41, 5.74) is 0. The standard InChI is InChI=1S/C11H16N4O2S/c1-2-10-13-8-11(14-10)18(16,17)15-5-3-9(7-12)4-6-15/h8-9H,2-6H2,1H3,(H,13,14). The van der Waals surface area contributed by atoms with E-state index in [2.05, 4.69) is 16.0 Å². The predicted molar refractivity (Wildman–Crippen MR) is 65.1 cm³/mol. The van der Waals surface area contributed by atoms with Gasteiger partial charge in [-0.05, 0) is 12.8 Å². The Hall–Kier alpha value is -1.39. The van der Waals surface area contributed by atoms with E-state index in [9.17, 15) is 8.42 Å². The molecule has 1 fully saturated rings. The van der Waals surface area contributed by atoms with Crippen LogP contribution in [0.15, 0.2) is 11.2 Å². The number of rotatable bonds is 3. The summed E-state index contributed by atoms with van der Waals surface area (Å²) in [6, 6.07) is 2.19. The van der Waals surface area contributed by atoms with Crippen LogP contribution in [0.1, 0.15) is 25.6 Å². The molecular formula is C11H16N4O2S. The summed E-state index contributed by atoms with van der Waals surface area (Å²) in [5.74, 6) is 0.643. The minimum atomic E-state index is -3.48. The van der Waals surface area contributed by atoms with E-state index < -0.39 is 10.0 Å². The van der Waals surface area contributed by atoms with E-state index in [1.807, 2.05) is 6.92 Å². The highest BCUT2D eigenvalue weighted by Crippen LogP contribution is 2.22. The Morgan fingerprint density at radius 2 is 2.22 bits per heavy atom.